The number of hydrogen-bond acceptors (Lipinski definition) is 6. The number of para-hydroxylation sites is 2. The first kappa shape index (κ1) is 18.8. The number of carboxylic acid groups (broad SMARTS) is 2. The molecule has 0 aliphatic rings. The molecule has 0 saturated carbocycles. The van der Waals surface area contributed by atoms with Crippen LogP contribution in [-0.4, -0.2) is 46.3 Å². The number of nitrogens with zero attached hydrogens (tertiary/aromatic N) is 2. The van der Waals surface area contributed by atoms with Crippen LogP contribution in [0.5, 0.6) is 11.5 Å². The minimum atomic E-state index is -1.49. The van der Waals surface area contributed by atoms with E-state index in [0.29, 0.717) is 22.6 Å². The van der Waals surface area contributed by atoms with Gasteiger partial charge in [-0.25, -0.2) is 19.6 Å². The fraction of sp³-hybridized carbons (Fsp3) is 0.100. The molecule has 0 spiro atoms. The van der Waals surface area contributed by atoms with Crippen LogP contribution in [0.15, 0.2) is 48.5 Å². The van der Waals surface area contributed by atoms with Gasteiger partial charge in [-0.3, -0.25) is 0 Å². The van der Waals surface area contributed by atoms with Crippen LogP contribution >= 0.6 is 0 Å². The van der Waals surface area contributed by atoms with Crippen LogP contribution < -0.4 is 9.47 Å². The molecule has 0 amide bonds. The maximum Gasteiger partial charge on any atom is 0.357 e. The molecule has 28 heavy (non-hydrogen) atoms. The largest absolute Gasteiger partial charge is 0.496 e. The second-order valence-corrected chi connectivity index (χ2v) is 5.63. The van der Waals surface area contributed by atoms with Crippen LogP contribution in [0.2, 0.25) is 0 Å². The second kappa shape index (κ2) is 7.75. The van der Waals surface area contributed by atoms with E-state index in [9.17, 15) is 19.8 Å². The summed E-state index contributed by atoms with van der Waals surface area (Å²) in [6.45, 7) is 0. The van der Waals surface area contributed by atoms with E-state index in [-0.39, 0.29) is 11.4 Å². The molecule has 2 N–H and O–H groups in total. The van der Waals surface area contributed by atoms with Crippen molar-refractivity contribution in [3.05, 3.63) is 59.9 Å². The fourth-order valence-corrected chi connectivity index (χ4v) is 2.79. The molecule has 0 unspecified atom stereocenters. The predicted molar refractivity (Wildman–Crippen MR) is 99.9 cm³/mol. The zero-order valence-corrected chi connectivity index (χ0v) is 15.0. The number of benzene rings is 2. The zero-order chi connectivity index (χ0) is 20.3. The third-order valence-corrected chi connectivity index (χ3v) is 4.03. The minimum Gasteiger partial charge on any atom is -0.496 e. The van der Waals surface area contributed by atoms with Gasteiger partial charge in [-0.15, -0.1) is 0 Å². The van der Waals surface area contributed by atoms with Crippen molar-refractivity contribution in [3.63, 3.8) is 0 Å². The molecule has 3 rings (SSSR count). The van der Waals surface area contributed by atoms with Crippen molar-refractivity contribution in [2.24, 2.45) is 0 Å². The fourth-order valence-electron chi connectivity index (χ4n) is 2.79. The van der Waals surface area contributed by atoms with E-state index in [0.717, 1.165) is 0 Å². The first-order valence-electron chi connectivity index (χ1n) is 8.13. The molecular weight excluding hydrogens is 364 g/mol. The summed E-state index contributed by atoms with van der Waals surface area (Å²) in [5.74, 6) is -2.11. The van der Waals surface area contributed by atoms with Crippen LogP contribution in [0, 0.1) is 0 Å². The molecule has 0 atom stereocenters. The molecular formula is C20H16N2O6. The summed E-state index contributed by atoms with van der Waals surface area (Å²) in [5.41, 5.74) is -0.0384. The van der Waals surface area contributed by atoms with E-state index in [1.54, 1.807) is 48.5 Å². The topological polar surface area (TPSA) is 119 Å². The number of hydrogen-bond donors (Lipinski definition) is 2. The first-order chi connectivity index (χ1) is 13.5. The van der Waals surface area contributed by atoms with Crippen LogP contribution in [0.1, 0.15) is 21.0 Å². The summed E-state index contributed by atoms with van der Waals surface area (Å²) in [4.78, 5) is 31.5. The van der Waals surface area contributed by atoms with Crippen molar-refractivity contribution in [3.8, 4) is 34.0 Å². The Hall–Kier alpha value is -3.94. The Morgan fingerprint density at radius 2 is 1.07 bits per heavy atom. The molecule has 0 aliphatic carbocycles. The molecule has 0 saturated heterocycles. The van der Waals surface area contributed by atoms with Crippen LogP contribution in [0.4, 0.5) is 0 Å². The quantitative estimate of drug-likeness (QED) is 0.669. The van der Waals surface area contributed by atoms with Gasteiger partial charge in [0.15, 0.2) is 11.4 Å². The molecule has 0 fully saturated rings. The molecule has 8 heteroatoms. The normalized spacial score (nSPS) is 10.4. The lowest BCUT2D eigenvalue weighted by Gasteiger charge is -2.15. The van der Waals surface area contributed by atoms with Gasteiger partial charge in [-0.1, -0.05) is 24.3 Å². The highest BCUT2D eigenvalue weighted by Crippen LogP contribution is 2.38. The van der Waals surface area contributed by atoms with E-state index in [1.165, 1.54) is 14.2 Å². The standard InChI is InChI=1S/C20H16N2O6/c1-27-13-9-5-3-7-11(13)15-16(12-8-4-6-10-14(12)28-2)22-18(20(25)26)17(21-15)19(23)24/h3-10H,1-2H3,(H,23,24)(H,25,26). The Labute approximate surface area is 160 Å². The third-order valence-electron chi connectivity index (χ3n) is 4.03. The average molecular weight is 380 g/mol. The summed E-state index contributed by atoms with van der Waals surface area (Å²) in [6, 6.07) is 13.7. The molecule has 0 bridgehead atoms. The number of rotatable bonds is 6. The molecule has 0 radical (unpaired) electrons. The molecule has 1 heterocycles. The lowest BCUT2D eigenvalue weighted by Crippen LogP contribution is -2.15. The highest BCUT2D eigenvalue weighted by molar-refractivity contribution is 6.00. The molecule has 3 aromatic rings. The second-order valence-electron chi connectivity index (χ2n) is 5.63. The van der Waals surface area contributed by atoms with Crippen LogP contribution in [0.3, 0.4) is 0 Å². The van der Waals surface area contributed by atoms with E-state index >= 15 is 0 Å². The lowest BCUT2D eigenvalue weighted by molar-refractivity contribution is 0.0641. The zero-order valence-electron chi connectivity index (χ0n) is 15.0. The van der Waals surface area contributed by atoms with E-state index in [4.69, 9.17) is 9.47 Å². The van der Waals surface area contributed by atoms with E-state index in [1.807, 2.05) is 0 Å². The Balaban J connectivity index is 2.44. The Bertz CT molecular complexity index is 980. The monoisotopic (exact) mass is 380 g/mol. The summed E-state index contributed by atoms with van der Waals surface area (Å²) >= 11 is 0. The van der Waals surface area contributed by atoms with Gasteiger partial charge < -0.3 is 19.7 Å². The van der Waals surface area contributed by atoms with Crippen molar-refractivity contribution >= 4 is 11.9 Å². The number of ether oxygens (including phenoxy) is 2. The molecule has 2 aromatic carbocycles. The number of carbonyl (C=O) groups is 2. The van der Waals surface area contributed by atoms with Gasteiger partial charge in [0, 0.05) is 11.1 Å². The number of aromatic carboxylic acids is 2. The maximum absolute atomic E-state index is 11.6. The van der Waals surface area contributed by atoms with Crippen molar-refractivity contribution in [2.45, 2.75) is 0 Å². The summed E-state index contributed by atoms with van der Waals surface area (Å²) in [5, 5.41) is 18.9. The SMILES string of the molecule is COc1ccccc1-c1nc(C(=O)O)c(C(=O)O)nc1-c1ccccc1OC. The van der Waals surface area contributed by atoms with Gasteiger partial charge in [0.05, 0.1) is 14.2 Å². The van der Waals surface area contributed by atoms with Crippen molar-refractivity contribution in [2.75, 3.05) is 14.2 Å². The Morgan fingerprint density at radius 3 is 1.39 bits per heavy atom. The number of methoxy groups -OCH3 is 2. The van der Waals surface area contributed by atoms with Gasteiger partial charge in [0.2, 0.25) is 0 Å². The Kier molecular flexibility index (Phi) is 5.21. The predicted octanol–water partition coefficient (Wildman–Crippen LogP) is 3.22. The van der Waals surface area contributed by atoms with Gasteiger partial charge >= 0.3 is 11.9 Å². The van der Waals surface area contributed by atoms with Crippen LogP contribution in [0.25, 0.3) is 22.5 Å². The minimum absolute atomic E-state index is 0.171. The van der Waals surface area contributed by atoms with Gasteiger partial charge in [-0.05, 0) is 24.3 Å². The summed E-state index contributed by atoms with van der Waals surface area (Å²) in [6.07, 6.45) is 0. The number of aromatic nitrogens is 2. The van der Waals surface area contributed by atoms with Crippen molar-refractivity contribution in [1.29, 1.82) is 0 Å². The number of carboxylic acids is 2. The van der Waals surface area contributed by atoms with Gasteiger partial charge in [0.1, 0.15) is 22.9 Å². The summed E-state index contributed by atoms with van der Waals surface area (Å²) in [7, 11) is 2.94. The smallest absolute Gasteiger partial charge is 0.357 e. The Morgan fingerprint density at radius 1 is 0.714 bits per heavy atom. The lowest BCUT2D eigenvalue weighted by atomic mass is 10.0. The van der Waals surface area contributed by atoms with Crippen molar-refractivity contribution < 1.29 is 29.3 Å². The van der Waals surface area contributed by atoms with E-state index in [2.05, 4.69) is 9.97 Å². The molecule has 8 nitrogen and oxygen atoms in total. The third kappa shape index (κ3) is 3.35. The average Bonchev–Trinajstić information content (AvgIpc) is 2.72. The van der Waals surface area contributed by atoms with Gasteiger partial charge in [0.25, 0.3) is 0 Å². The highest BCUT2D eigenvalue weighted by Gasteiger charge is 2.26. The van der Waals surface area contributed by atoms with Gasteiger partial charge in [-0.2, -0.15) is 0 Å². The molecule has 1 aromatic heterocycles. The molecule has 142 valence electrons. The van der Waals surface area contributed by atoms with Crippen LogP contribution in [-0.2, 0) is 0 Å². The van der Waals surface area contributed by atoms with Crippen molar-refractivity contribution in [1.82, 2.24) is 9.97 Å². The highest BCUT2D eigenvalue weighted by atomic mass is 16.5. The molecule has 0 aliphatic heterocycles. The summed E-state index contributed by atoms with van der Waals surface area (Å²) < 4.78 is 10.7. The first-order valence-corrected chi connectivity index (χ1v) is 8.13. The maximum atomic E-state index is 11.6. The van der Waals surface area contributed by atoms with E-state index < -0.39 is 23.3 Å².